The Kier molecular flexibility index (Phi) is 4.63. The van der Waals surface area contributed by atoms with Crippen molar-refractivity contribution in [2.24, 2.45) is 0 Å². The number of para-hydroxylation sites is 1. The molecule has 0 bridgehead atoms. The van der Waals surface area contributed by atoms with Crippen molar-refractivity contribution in [1.29, 1.82) is 0 Å². The maximum atomic E-state index is 12.2. The highest BCUT2D eigenvalue weighted by molar-refractivity contribution is 5.77. The lowest BCUT2D eigenvalue weighted by Gasteiger charge is -2.32. The van der Waals surface area contributed by atoms with E-state index in [0.29, 0.717) is 11.4 Å². The molecule has 2 saturated heterocycles. The molecule has 1 aromatic carbocycles. The molecule has 1 atom stereocenters. The van der Waals surface area contributed by atoms with Gasteiger partial charge >= 0.3 is 0 Å². The van der Waals surface area contributed by atoms with Gasteiger partial charge in [0.15, 0.2) is 0 Å². The van der Waals surface area contributed by atoms with Gasteiger partial charge in [-0.3, -0.25) is 9.69 Å². The van der Waals surface area contributed by atoms with Crippen molar-refractivity contribution >= 4 is 10.9 Å². The van der Waals surface area contributed by atoms with Gasteiger partial charge < -0.3 is 9.88 Å². The molecule has 0 saturated carbocycles. The summed E-state index contributed by atoms with van der Waals surface area (Å²) in [5, 5.41) is 0.674. The first-order chi connectivity index (χ1) is 11.8. The van der Waals surface area contributed by atoms with Crippen LogP contribution in [0.1, 0.15) is 37.9 Å². The van der Waals surface area contributed by atoms with Crippen LogP contribution in [0.25, 0.3) is 10.9 Å². The number of hydrogen-bond acceptors (Lipinski definition) is 4. The molecule has 0 amide bonds. The summed E-state index contributed by atoms with van der Waals surface area (Å²) in [6, 6.07) is 8.17. The summed E-state index contributed by atoms with van der Waals surface area (Å²) in [5.41, 5.74) is 0.769. The molecule has 2 fully saturated rings. The average Bonchev–Trinajstić information content (AvgIpc) is 3.03. The standard InChI is InChI=1S/C19H26N4O/c24-19-16-8-2-3-9-17(16)20-18(21-19)14-23-12-6-7-15(23)13-22-10-4-1-5-11-22/h2-3,8-9,15H,1,4-7,10-14H2,(H,20,21,24). The molecule has 2 aromatic rings. The Hall–Kier alpha value is -1.72. The smallest absolute Gasteiger partial charge is 0.258 e. The van der Waals surface area contributed by atoms with E-state index >= 15 is 0 Å². The number of H-pyrrole nitrogens is 1. The molecule has 2 aliphatic heterocycles. The van der Waals surface area contributed by atoms with Gasteiger partial charge in [-0.15, -0.1) is 0 Å². The number of nitrogens with one attached hydrogen (secondary N) is 1. The van der Waals surface area contributed by atoms with Gasteiger partial charge in [0.2, 0.25) is 0 Å². The lowest BCUT2D eigenvalue weighted by molar-refractivity contribution is 0.147. The van der Waals surface area contributed by atoms with Crippen molar-refractivity contribution in [2.45, 2.75) is 44.7 Å². The van der Waals surface area contributed by atoms with Crippen LogP contribution in [0.15, 0.2) is 29.1 Å². The van der Waals surface area contributed by atoms with Crippen LogP contribution in [0, 0.1) is 0 Å². The Morgan fingerprint density at radius 1 is 1.08 bits per heavy atom. The number of benzene rings is 1. The highest BCUT2D eigenvalue weighted by atomic mass is 16.1. The SMILES string of the molecule is O=c1[nH]c(CN2CCCC2CN2CCCCC2)nc2ccccc12. The van der Waals surface area contributed by atoms with Gasteiger partial charge in [0.1, 0.15) is 5.82 Å². The molecule has 24 heavy (non-hydrogen) atoms. The van der Waals surface area contributed by atoms with Crippen molar-refractivity contribution in [2.75, 3.05) is 26.2 Å². The fraction of sp³-hybridized carbons (Fsp3) is 0.579. The first-order valence-electron chi connectivity index (χ1n) is 9.24. The molecular weight excluding hydrogens is 300 g/mol. The number of rotatable bonds is 4. The van der Waals surface area contributed by atoms with E-state index in [0.717, 1.165) is 31.0 Å². The number of hydrogen-bond donors (Lipinski definition) is 1. The molecule has 3 heterocycles. The maximum Gasteiger partial charge on any atom is 0.258 e. The van der Waals surface area contributed by atoms with E-state index in [4.69, 9.17) is 0 Å². The second kappa shape index (κ2) is 7.03. The molecule has 128 valence electrons. The van der Waals surface area contributed by atoms with Gasteiger partial charge in [0.25, 0.3) is 5.56 Å². The third kappa shape index (κ3) is 3.37. The highest BCUT2D eigenvalue weighted by Crippen LogP contribution is 2.21. The number of nitrogens with zero attached hydrogens (tertiary/aromatic N) is 3. The second-order valence-corrected chi connectivity index (χ2v) is 7.16. The van der Waals surface area contributed by atoms with Gasteiger partial charge in [-0.05, 0) is 57.5 Å². The lowest BCUT2D eigenvalue weighted by Crippen LogP contribution is -2.42. The van der Waals surface area contributed by atoms with Gasteiger partial charge in [0, 0.05) is 12.6 Å². The number of aromatic nitrogens is 2. The molecule has 1 N–H and O–H groups in total. The quantitative estimate of drug-likeness (QED) is 0.937. The van der Waals surface area contributed by atoms with Crippen LogP contribution in [0.3, 0.4) is 0 Å². The van der Waals surface area contributed by atoms with Gasteiger partial charge in [-0.2, -0.15) is 0 Å². The van der Waals surface area contributed by atoms with E-state index in [-0.39, 0.29) is 5.56 Å². The Labute approximate surface area is 142 Å². The van der Waals surface area contributed by atoms with Crippen molar-refractivity contribution in [3.05, 3.63) is 40.4 Å². The predicted molar refractivity (Wildman–Crippen MR) is 96.1 cm³/mol. The van der Waals surface area contributed by atoms with E-state index in [1.807, 2.05) is 24.3 Å². The molecule has 1 unspecified atom stereocenters. The van der Waals surface area contributed by atoms with E-state index in [2.05, 4.69) is 19.8 Å². The minimum atomic E-state index is -0.0256. The number of likely N-dealkylation sites (tertiary alicyclic amines) is 2. The first kappa shape index (κ1) is 15.8. The summed E-state index contributed by atoms with van der Waals surface area (Å²) < 4.78 is 0. The predicted octanol–water partition coefficient (Wildman–Crippen LogP) is 2.37. The normalized spacial score (nSPS) is 23.1. The van der Waals surface area contributed by atoms with Crippen LogP contribution in [0.4, 0.5) is 0 Å². The Morgan fingerprint density at radius 2 is 1.92 bits per heavy atom. The third-order valence-corrected chi connectivity index (χ3v) is 5.43. The fourth-order valence-corrected chi connectivity index (χ4v) is 4.15. The van der Waals surface area contributed by atoms with E-state index in [9.17, 15) is 4.79 Å². The van der Waals surface area contributed by atoms with Crippen molar-refractivity contribution < 1.29 is 0 Å². The van der Waals surface area contributed by atoms with Crippen LogP contribution in [0.2, 0.25) is 0 Å². The molecule has 4 rings (SSSR count). The molecule has 1 aromatic heterocycles. The molecule has 0 spiro atoms. The molecule has 0 aliphatic carbocycles. The van der Waals surface area contributed by atoms with Crippen LogP contribution in [0.5, 0.6) is 0 Å². The highest BCUT2D eigenvalue weighted by Gasteiger charge is 2.27. The van der Waals surface area contributed by atoms with Crippen LogP contribution in [-0.2, 0) is 6.54 Å². The summed E-state index contributed by atoms with van der Waals surface area (Å²) >= 11 is 0. The molecule has 2 aliphatic rings. The van der Waals surface area contributed by atoms with Crippen LogP contribution >= 0.6 is 0 Å². The van der Waals surface area contributed by atoms with Crippen LogP contribution < -0.4 is 5.56 Å². The minimum absolute atomic E-state index is 0.0256. The summed E-state index contributed by atoms with van der Waals surface area (Å²) in [6.45, 7) is 5.51. The van der Waals surface area contributed by atoms with Crippen LogP contribution in [-0.4, -0.2) is 52.0 Å². The zero-order valence-corrected chi connectivity index (χ0v) is 14.2. The topological polar surface area (TPSA) is 52.2 Å². The summed E-state index contributed by atoms with van der Waals surface area (Å²) in [5.74, 6) is 0.796. The summed E-state index contributed by atoms with van der Waals surface area (Å²) in [7, 11) is 0. The molecule has 0 radical (unpaired) electrons. The summed E-state index contributed by atoms with van der Waals surface area (Å²) in [4.78, 5) is 25.0. The van der Waals surface area contributed by atoms with Gasteiger partial charge in [-0.25, -0.2) is 4.98 Å². The monoisotopic (exact) mass is 326 g/mol. The van der Waals surface area contributed by atoms with Crippen molar-refractivity contribution in [3.8, 4) is 0 Å². The Balaban J connectivity index is 1.48. The molecular formula is C19H26N4O. The number of aromatic amines is 1. The second-order valence-electron chi connectivity index (χ2n) is 7.16. The number of fused-ring (bicyclic) bond motifs is 1. The van der Waals surface area contributed by atoms with Gasteiger partial charge in [0.05, 0.1) is 17.4 Å². The van der Waals surface area contributed by atoms with Crippen molar-refractivity contribution in [1.82, 2.24) is 19.8 Å². The third-order valence-electron chi connectivity index (χ3n) is 5.43. The molecule has 5 heteroatoms. The van der Waals surface area contributed by atoms with E-state index < -0.39 is 0 Å². The van der Waals surface area contributed by atoms with E-state index in [1.165, 1.54) is 45.2 Å². The molecule has 5 nitrogen and oxygen atoms in total. The van der Waals surface area contributed by atoms with E-state index in [1.54, 1.807) is 0 Å². The zero-order valence-electron chi connectivity index (χ0n) is 14.2. The number of piperidine rings is 1. The lowest BCUT2D eigenvalue weighted by atomic mass is 10.1. The largest absolute Gasteiger partial charge is 0.309 e. The minimum Gasteiger partial charge on any atom is -0.309 e. The zero-order chi connectivity index (χ0) is 16.4. The fourth-order valence-electron chi connectivity index (χ4n) is 4.15. The van der Waals surface area contributed by atoms with Gasteiger partial charge in [-0.1, -0.05) is 18.6 Å². The summed E-state index contributed by atoms with van der Waals surface area (Å²) in [6.07, 6.45) is 6.57. The average molecular weight is 326 g/mol. The maximum absolute atomic E-state index is 12.2. The first-order valence-corrected chi connectivity index (χ1v) is 9.24. The Bertz CT molecular complexity index is 750. The Morgan fingerprint density at radius 3 is 2.79 bits per heavy atom. The van der Waals surface area contributed by atoms with Crippen molar-refractivity contribution in [3.63, 3.8) is 0 Å².